The molecule has 2 heterocycles. The van der Waals surface area contributed by atoms with Crippen LogP contribution in [0.5, 0.6) is 0 Å². The van der Waals surface area contributed by atoms with Gasteiger partial charge >= 0.3 is 0 Å². The van der Waals surface area contributed by atoms with Gasteiger partial charge in [-0.25, -0.2) is 4.98 Å². The van der Waals surface area contributed by atoms with Crippen molar-refractivity contribution in [3.63, 3.8) is 0 Å². The number of fused-ring (bicyclic) bond motifs is 1. The number of hydrogen-bond donors (Lipinski definition) is 0. The van der Waals surface area contributed by atoms with Crippen molar-refractivity contribution in [3.8, 4) is 11.3 Å². The fourth-order valence-corrected chi connectivity index (χ4v) is 3.89. The summed E-state index contributed by atoms with van der Waals surface area (Å²) in [6.45, 7) is 7.24. The van der Waals surface area contributed by atoms with Crippen LogP contribution in [0.2, 0.25) is 0 Å². The van der Waals surface area contributed by atoms with E-state index < -0.39 is 0 Å². The van der Waals surface area contributed by atoms with Gasteiger partial charge in [0, 0.05) is 32.3 Å². The number of methoxy groups -OCH3 is 1. The molecule has 0 aliphatic carbocycles. The Hall–Kier alpha value is -2.73. The lowest BCUT2D eigenvalue weighted by atomic mass is 10.0. The molecule has 0 saturated carbocycles. The Morgan fingerprint density at radius 2 is 1.90 bits per heavy atom. The number of amides is 1. The number of hydrogen-bond acceptors (Lipinski definition) is 4. The summed E-state index contributed by atoms with van der Waals surface area (Å²) in [6, 6.07) is 12.0. The zero-order valence-electron chi connectivity index (χ0n) is 18.0. The first-order chi connectivity index (χ1) is 14.0. The molecule has 2 aromatic heterocycles. The van der Waals surface area contributed by atoms with Crippen LogP contribution in [0.4, 0.5) is 0 Å². The summed E-state index contributed by atoms with van der Waals surface area (Å²) in [5.41, 5.74) is 3.95. The number of benzene rings is 1. The number of carbonyl (C=O) groups excluding carboxylic acids is 1. The largest absolute Gasteiger partial charge is 0.383 e. The average Bonchev–Trinajstić information content (AvgIpc) is 3.04. The average molecular weight is 395 g/mol. The Labute approximate surface area is 172 Å². The van der Waals surface area contributed by atoms with Crippen LogP contribution in [0.25, 0.3) is 22.3 Å². The molecular formula is C23H30N4O2. The smallest absolute Gasteiger partial charge is 0.255 e. The zero-order valence-corrected chi connectivity index (χ0v) is 18.0. The van der Waals surface area contributed by atoms with Gasteiger partial charge in [-0.1, -0.05) is 44.2 Å². The predicted molar refractivity (Wildman–Crippen MR) is 116 cm³/mol. The fraction of sp³-hybridized carbons (Fsp3) is 0.435. The van der Waals surface area contributed by atoms with Crippen LogP contribution in [0.3, 0.4) is 0 Å². The molecule has 0 saturated heterocycles. The summed E-state index contributed by atoms with van der Waals surface area (Å²) in [5, 5.41) is 5.36. The van der Waals surface area contributed by atoms with E-state index in [9.17, 15) is 4.79 Å². The molecule has 6 heteroatoms. The Morgan fingerprint density at radius 1 is 1.21 bits per heavy atom. The first-order valence-electron chi connectivity index (χ1n) is 10.2. The minimum absolute atomic E-state index is 0.0106. The highest BCUT2D eigenvalue weighted by Gasteiger charge is 2.26. The quantitative estimate of drug-likeness (QED) is 0.574. The molecule has 0 spiro atoms. The first kappa shape index (κ1) is 21.0. The Kier molecular flexibility index (Phi) is 6.64. The first-order valence-corrected chi connectivity index (χ1v) is 10.2. The van der Waals surface area contributed by atoms with Crippen molar-refractivity contribution < 1.29 is 9.53 Å². The zero-order chi connectivity index (χ0) is 21.0. The van der Waals surface area contributed by atoms with Crippen molar-refractivity contribution in [1.29, 1.82) is 0 Å². The van der Waals surface area contributed by atoms with E-state index in [2.05, 4.69) is 18.9 Å². The molecule has 0 aliphatic rings. The highest BCUT2D eigenvalue weighted by molar-refractivity contribution is 6.07. The van der Waals surface area contributed by atoms with E-state index in [4.69, 9.17) is 9.72 Å². The van der Waals surface area contributed by atoms with E-state index in [1.807, 2.05) is 55.3 Å². The number of ether oxygens (including phenoxy) is 1. The van der Waals surface area contributed by atoms with Crippen LogP contribution in [-0.4, -0.2) is 51.9 Å². The normalized spacial score (nSPS) is 11.4. The van der Waals surface area contributed by atoms with Gasteiger partial charge in [0.15, 0.2) is 5.65 Å². The number of pyridine rings is 1. The summed E-state index contributed by atoms with van der Waals surface area (Å²) >= 11 is 0. The van der Waals surface area contributed by atoms with Crippen molar-refractivity contribution in [2.75, 3.05) is 20.3 Å². The molecule has 3 aromatic rings. The number of carbonyl (C=O) groups is 1. The van der Waals surface area contributed by atoms with Gasteiger partial charge in [0.05, 0.1) is 28.9 Å². The maximum atomic E-state index is 13.8. The van der Waals surface area contributed by atoms with Crippen LogP contribution in [-0.2, 0) is 11.8 Å². The third-order valence-corrected chi connectivity index (χ3v) is 5.45. The molecule has 3 rings (SSSR count). The molecule has 6 nitrogen and oxygen atoms in total. The Morgan fingerprint density at radius 3 is 2.52 bits per heavy atom. The van der Waals surface area contributed by atoms with E-state index >= 15 is 0 Å². The van der Waals surface area contributed by atoms with E-state index in [-0.39, 0.29) is 11.9 Å². The van der Waals surface area contributed by atoms with Gasteiger partial charge < -0.3 is 9.64 Å². The molecule has 1 amide bonds. The van der Waals surface area contributed by atoms with Gasteiger partial charge in [0.1, 0.15) is 0 Å². The molecule has 1 aromatic carbocycles. The minimum Gasteiger partial charge on any atom is -0.383 e. The van der Waals surface area contributed by atoms with Crippen LogP contribution in [0.15, 0.2) is 36.4 Å². The Balaban J connectivity index is 2.18. The summed E-state index contributed by atoms with van der Waals surface area (Å²) in [4.78, 5) is 20.5. The molecule has 0 unspecified atom stereocenters. The van der Waals surface area contributed by atoms with Gasteiger partial charge in [-0.05, 0) is 25.8 Å². The van der Waals surface area contributed by atoms with E-state index in [0.29, 0.717) is 18.7 Å². The third kappa shape index (κ3) is 4.17. The van der Waals surface area contributed by atoms with Crippen LogP contribution in [0, 0.1) is 6.92 Å². The van der Waals surface area contributed by atoms with Gasteiger partial charge in [-0.3, -0.25) is 9.48 Å². The SMILES string of the molecule is CCC(CC)N(CCOC)C(=O)c1cc(-c2ccccc2)nc2c1c(C)nn2C. The van der Waals surface area contributed by atoms with E-state index in [1.165, 1.54) is 0 Å². The highest BCUT2D eigenvalue weighted by Crippen LogP contribution is 2.28. The van der Waals surface area contributed by atoms with Gasteiger partial charge in [-0.15, -0.1) is 0 Å². The molecule has 0 radical (unpaired) electrons. The lowest BCUT2D eigenvalue weighted by Crippen LogP contribution is -2.42. The molecule has 0 fully saturated rings. The van der Waals surface area contributed by atoms with Crippen molar-refractivity contribution >= 4 is 16.9 Å². The van der Waals surface area contributed by atoms with Crippen molar-refractivity contribution in [2.24, 2.45) is 7.05 Å². The van der Waals surface area contributed by atoms with Crippen LogP contribution < -0.4 is 0 Å². The number of aryl methyl sites for hydroxylation is 2. The fourth-order valence-electron chi connectivity index (χ4n) is 3.89. The lowest BCUT2D eigenvalue weighted by Gasteiger charge is -2.31. The van der Waals surface area contributed by atoms with Gasteiger partial charge in [0.2, 0.25) is 0 Å². The van der Waals surface area contributed by atoms with Crippen molar-refractivity contribution in [3.05, 3.63) is 47.7 Å². The minimum atomic E-state index is 0.0106. The number of aromatic nitrogens is 3. The molecule has 0 bridgehead atoms. The van der Waals surface area contributed by atoms with Gasteiger partial charge in [-0.2, -0.15) is 5.10 Å². The summed E-state index contributed by atoms with van der Waals surface area (Å²) in [7, 11) is 3.54. The van der Waals surface area contributed by atoms with E-state index in [1.54, 1.807) is 11.8 Å². The Bertz CT molecular complexity index is 977. The second-order valence-corrected chi connectivity index (χ2v) is 7.29. The van der Waals surface area contributed by atoms with Crippen LogP contribution >= 0.6 is 0 Å². The summed E-state index contributed by atoms with van der Waals surface area (Å²) in [5.74, 6) is 0.0106. The molecular weight excluding hydrogens is 364 g/mol. The van der Waals surface area contributed by atoms with Crippen molar-refractivity contribution in [1.82, 2.24) is 19.7 Å². The van der Waals surface area contributed by atoms with E-state index in [0.717, 1.165) is 40.8 Å². The summed E-state index contributed by atoms with van der Waals surface area (Å²) < 4.78 is 7.04. The molecule has 0 N–H and O–H groups in total. The second kappa shape index (κ2) is 9.18. The molecule has 0 aliphatic heterocycles. The summed E-state index contributed by atoms with van der Waals surface area (Å²) in [6.07, 6.45) is 1.80. The highest BCUT2D eigenvalue weighted by atomic mass is 16.5. The number of rotatable bonds is 8. The third-order valence-electron chi connectivity index (χ3n) is 5.45. The molecule has 29 heavy (non-hydrogen) atoms. The molecule has 0 atom stereocenters. The maximum Gasteiger partial charge on any atom is 0.255 e. The second-order valence-electron chi connectivity index (χ2n) is 7.29. The van der Waals surface area contributed by atoms with Gasteiger partial charge in [0.25, 0.3) is 5.91 Å². The molecule has 154 valence electrons. The van der Waals surface area contributed by atoms with Crippen molar-refractivity contribution in [2.45, 2.75) is 39.7 Å². The predicted octanol–water partition coefficient (Wildman–Crippen LogP) is 4.22. The van der Waals surface area contributed by atoms with Crippen LogP contribution in [0.1, 0.15) is 42.7 Å². The maximum absolute atomic E-state index is 13.8. The topological polar surface area (TPSA) is 60.2 Å². The standard InChI is InChI=1S/C23H30N4O2/c1-6-18(7-2)27(13-14-29-5)23(28)19-15-20(17-11-9-8-10-12-17)24-22-21(19)16(3)25-26(22)4/h8-12,15,18H,6-7,13-14H2,1-5H3. The number of nitrogens with zero attached hydrogens (tertiary/aromatic N) is 4. The monoisotopic (exact) mass is 394 g/mol. The lowest BCUT2D eigenvalue weighted by molar-refractivity contribution is 0.0591.